The molecule has 1 fully saturated rings. The maximum Gasteiger partial charge on any atom is 0.335 e. The second-order valence-electron chi connectivity index (χ2n) is 9.91. The Morgan fingerprint density at radius 2 is 1.82 bits per heavy atom. The van der Waals surface area contributed by atoms with Gasteiger partial charge < -0.3 is 25.3 Å². The van der Waals surface area contributed by atoms with Crippen molar-refractivity contribution in [2.45, 2.75) is 45.4 Å². The van der Waals surface area contributed by atoms with Crippen molar-refractivity contribution in [2.24, 2.45) is 0 Å². The minimum atomic E-state index is -0.937. The van der Waals surface area contributed by atoms with Crippen molar-refractivity contribution in [3.63, 3.8) is 0 Å². The number of rotatable bonds is 10. The molecule has 5 rings (SSSR count). The first-order chi connectivity index (χ1) is 18.5. The zero-order chi connectivity index (χ0) is 26.5. The lowest BCUT2D eigenvalue weighted by molar-refractivity contribution is 0.0697. The minimum Gasteiger partial charge on any atom is -0.478 e. The van der Waals surface area contributed by atoms with Crippen molar-refractivity contribution in [1.29, 1.82) is 0 Å². The lowest BCUT2D eigenvalue weighted by Crippen LogP contribution is -2.33. The maximum atomic E-state index is 11.5. The van der Waals surface area contributed by atoms with Crippen molar-refractivity contribution < 1.29 is 19.4 Å². The van der Waals surface area contributed by atoms with Gasteiger partial charge >= 0.3 is 5.97 Å². The average molecular weight is 532 g/mol. The quantitative estimate of drug-likeness (QED) is 0.286. The number of carboxylic acid groups (broad SMARTS) is 1. The molecular weight excluding hydrogens is 494 g/mol. The minimum absolute atomic E-state index is 0. The van der Waals surface area contributed by atoms with E-state index in [9.17, 15) is 9.90 Å². The molecule has 1 saturated heterocycles. The number of aromatic nitrogens is 3. The maximum absolute atomic E-state index is 11.5. The third-order valence-electron chi connectivity index (χ3n) is 7.22. The van der Waals surface area contributed by atoms with Gasteiger partial charge in [0.25, 0.3) is 0 Å². The molecule has 0 atom stereocenters. The third kappa shape index (κ3) is 6.81. The number of hydrogen-bond acceptors (Lipinski definition) is 7. The molecule has 1 aliphatic heterocycles. The summed E-state index contributed by atoms with van der Waals surface area (Å²) in [5, 5.41) is 9.43. The van der Waals surface area contributed by atoms with Crippen LogP contribution in [-0.2, 0) is 24.4 Å². The predicted molar refractivity (Wildman–Crippen MR) is 151 cm³/mol. The Kier molecular flexibility index (Phi) is 9.29. The fraction of sp³-hybridized carbons (Fsp3) is 0.367. The van der Waals surface area contributed by atoms with E-state index in [4.69, 9.17) is 19.4 Å². The smallest absolute Gasteiger partial charge is 0.335 e. The highest BCUT2D eigenvalue weighted by Gasteiger charge is 2.24. The predicted octanol–water partition coefficient (Wildman–Crippen LogP) is 5.20. The van der Waals surface area contributed by atoms with Crippen LogP contribution in [0, 0.1) is 6.92 Å². The van der Waals surface area contributed by atoms with E-state index < -0.39 is 5.97 Å². The van der Waals surface area contributed by atoms with Crippen LogP contribution >= 0.6 is 0 Å². The third-order valence-corrected chi connectivity index (χ3v) is 7.22. The second-order valence-corrected chi connectivity index (χ2v) is 9.91. The second kappa shape index (κ2) is 12.8. The van der Waals surface area contributed by atoms with Crippen LogP contribution in [0.3, 0.4) is 0 Å². The Balaban J connectivity index is 0.00000353. The van der Waals surface area contributed by atoms with Gasteiger partial charge in [0.05, 0.1) is 29.7 Å². The average Bonchev–Trinajstić information content (AvgIpc) is 3.28. The Morgan fingerprint density at radius 1 is 1.05 bits per heavy atom. The number of methoxy groups -OCH3 is 1. The van der Waals surface area contributed by atoms with E-state index in [2.05, 4.69) is 46.7 Å². The Bertz CT molecular complexity index is 1390. The van der Waals surface area contributed by atoms with E-state index in [1.807, 2.05) is 12.1 Å². The van der Waals surface area contributed by atoms with E-state index >= 15 is 0 Å². The molecule has 0 bridgehead atoms. The van der Waals surface area contributed by atoms with Crippen LogP contribution in [0.5, 0.6) is 5.88 Å². The van der Waals surface area contributed by atoms with Gasteiger partial charge in [-0.2, -0.15) is 0 Å². The number of ether oxygens (including phenoxy) is 2. The van der Waals surface area contributed by atoms with Crippen molar-refractivity contribution in [2.75, 3.05) is 26.8 Å². The van der Waals surface area contributed by atoms with Gasteiger partial charge in [-0.3, -0.25) is 4.90 Å². The molecule has 0 aliphatic carbocycles. The topological polar surface area (TPSA) is 125 Å². The van der Waals surface area contributed by atoms with Crippen LogP contribution in [0.15, 0.2) is 60.7 Å². The summed E-state index contributed by atoms with van der Waals surface area (Å²) in [5.41, 5.74) is 5.35. The number of fused-ring (bicyclic) bond motifs is 1. The molecule has 9 nitrogen and oxygen atoms in total. The Hall–Kier alpha value is -3.79. The summed E-state index contributed by atoms with van der Waals surface area (Å²) in [6.07, 6.45) is 2.02. The largest absolute Gasteiger partial charge is 0.478 e. The molecule has 0 spiro atoms. The number of pyridine rings is 1. The molecule has 4 N–H and O–H groups in total. The molecular formula is C30H37N5O4. The van der Waals surface area contributed by atoms with Crippen molar-refractivity contribution >= 4 is 17.0 Å². The van der Waals surface area contributed by atoms with E-state index in [0.717, 1.165) is 54.0 Å². The molecule has 0 radical (unpaired) electrons. The van der Waals surface area contributed by atoms with E-state index in [1.165, 1.54) is 5.56 Å². The lowest BCUT2D eigenvalue weighted by atomic mass is 9.93. The molecule has 0 saturated carbocycles. The van der Waals surface area contributed by atoms with Gasteiger partial charge in [-0.25, -0.2) is 14.8 Å². The van der Waals surface area contributed by atoms with E-state index in [-0.39, 0.29) is 11.7 Å². The normalized spacial score (nSPS) is 14.3. The summed E-state index contributed by atoms with van der Waals surface area (Å²) in [7, 11) is 1.67. The van der Waals surface area contributed by atoms with Gasteiger partial charge in [0, 0.05) is 31.3 Å². The van der Waals surface area contributed by atoms with Crippen molar-refractivity contribution in [3.05, 3.63) is 88.9 Å². The summed E-state index contributed by atoms with van der Waals surface area (Å²) >= 11 is 0. The Morgan fingerprint density at radius 3 is 2.54 bits per heavy atom. The van der Waals surface area contributed by atoms with Crippen LogP contribution < -0.4 is 10.9 Å². The number of nitrogens with zero attached hydrogens (tertiary/aromatic N) is 4. The number of likely N-dealkylation sites (tertiary alicyclic amines) is 1. The summed E-state index contributed by atoms with van der Waals surface area (Å²) in [4.78, 5) is 23.6. The monoisotopic (exact) mass is 531 g/mol. The molecule has 2 aromatic heterocycles. The summed E-state index contributed by atoms with van der Waals surface area (Å²) in [6, 6.07) is 19.5. The molecule has 9 heteroatoms. The summed E-state index contributed by atoms with van der Waals surface area (Å²) in [5.74, 6) is 1.05. The van der Waals surface area contributed by atoms with Gasteiger partial charge in [0.15, 0.2) is 0 Å². The van der Waals surface area contributed by atoms with E-state index in [1.54, 1.807) is 25.3 Å². The number of piperidine rings is 1. The number of aromatic carboxylic acids is 1. The van der Waals surface area contributed by atoms with Gasteiger partial charge in [-0.15, -0.1) is 0 Å². The molecule has 1 aliphatic rings. The van der Waals surface area contributed by atoms with Gasteiger partial charge in [0.1, 0.15) is 12.4 Å². The number of carboxylic acids is 1. The van der Waals surface area contributed by atoms with E-state index in [0.29, 0.717) is 38.1 Å². The lowest BCUT2D eigenvalue weighted by Gasteiger charge is -2.31. The van der Waals surface area contributed by atoms with Crippen LogP contribution in [0.2, 0.25) is 0 Å². The van der Waals surface area contributed by atoms with Crippen LogP contribution in [0.25, 0.3) is 11.0 Å². The van der Waals surface area contributed by atoms with Gasteiger partial charge in [-0.05, 0) is 62.7 Å². The molecule has 3 heterocycles. The first-order valence-electron chi connectivity index (χ1n) is 13.1. The SMILES string of the molecule is COCCn1c(CN2CCC(c3cccc(OCc4ccc(C)cc4)n3)CC2)nc2ccc(C(=O)O)cc21.N. The highest BCUT2D eigenvalue weighted by Crippen LogP contribution is 2.29. The molecule has 4 aromatic rings. The number of benzene rings is 2. The molecule has 0 unspecified atom stereocenters. The molecule has 39 heavy (non-hydrogen) atoms. The number of hydrogen-bond donors (Lipinski definition) is 2. The fourth-order valence-electron chi connectivity index (χ4n) is 5.03. The van der Waals surface area contributed by atoms with Crippen LogP contribution in [0.1, 0.15) is 51.8 Å². The fourth-order valence-corrected chi connectivity index (χ4v) is 5.03. The molecule has 206 valence electrons. The number of aryl methyl sites for hydroxylation is 1. The zero-order valence-corrected chi connectivity index (χ0v) is 22.7. The molecule has 2 aromatic carbocycles. The highest BCUT2D eigenvalue weighted by atomic mass is 16.5. The number of carbonyl (C=O) groups is 1. The van der Waals surface area contributed by atoms with Crippen LogP contribution in [0.4, 0.5) is 0 Å². The first kappa shape index (κ1) is 28.2. The molecule has 0 amide bonds. The van der Waals surface area contributed by atoms with Crippen molar-refractivity contribution in [3.8, 4) is 5.88 Å². The van der Waals surface area contributed by atoms with Crippen LogP contribution in [-0.4, -0.2) is 57.3 Å². The highest BCUT2D eigenvalue weighted by molar-refractivity contribution is 5.92. The van der Waals surface area contributed by atoms with Gasteiger partial charge in [-0.1, -0.05) is 35.9 Å². The zero-order valence-electron chi connectivity index (χ0n) is 22.7. The summed E-state index contributed by atoms with van der Waals surface area (Å²) in [6.45, 7) is 6.33. The first-order valence-corrected chi connectivity index (χ1v) is 13.1. The van der Waals surface area contributed by atoms with Crippen molar-refractivity contribution in [1.82, 2.24) is 25.6 Å². The van der Waals surface area contributed by atoms with Gasteiger partial charge in [0.2, 0.25) is 5.88 Å². The standard InChI is InChI=1S/C30H34N4O4.H3N/c1-21-6-8-22(9-7-21)20-38-29-5-3-4-25(32-29)23-12-14-33(15-13-23)19-28-31-26-11-10-24(30(35)36)18-27(26)34(28)16-17-37-2;/h3-11,18,23H,12-17,19-20H2,1-2H3,(H,35,36);1H3. The Labute approximate surface area is 229 Å². The number of imidazole rings is 1. The summed E-state index contributed by atoms with van der Waals surface area (Å²) < 4.78 is 13.4.